The molecule has 0 spiro atoms. The average Bonchev–Trinajstić information content (AvgIpc) is 2.26. The molecule has 100 valence electrons. The fourth-order valence-electron chi connectivity index (χ4n) is 1.29. The molecule has 0 aliphatic carbocycles. The van der Waals surface area contributed by atoms with Crippen LogP contribution in [0.4, 0.5) is 0 Å². The maximum absolute atomic E-state index is 12.1. The molecule has 7 heteroatoms. The van der Waals surface area contributed by atoms with Crippen molar-refractivity contribution in [2.24, 2.45) is 0 Å². The van der Waals surface area contributed by atoms with Gasteiger partial charge in [-0.2, -0.15) is 0 Å². The van der Waals surface area contributed by atoms with Crippen LogP contribution in [0.15, 0.2) is 27.6 Å². The van der Waals surface area contributed by atoms with Crippen LogP contribution in [0.3, 0.4) is 0 Å². The van der Waals surface area contributed by atoms with E-state index in [1.54, 1.807) is 19.0 Å². The Morgan fingerprint density at radius 3 is 2.50 bits per heavy atom. The summed E-state index contributed by atoms with van der Waals surface area (Å²) in [6, 6.07) is 3.97. The van der Waals surface area contributed by atoms with Crippen LogP contribution in [-0.2, 0) is 9.84 Å². The van der Waals surface area contributed by atoms with Crippen LogP contribution in [0.25, 0.3) is 0 Å². The number of carbonyl (C=O) groups is 1. The third kappa shape index (κ3) is 3.79. The summed E-state index contributed by atoms with van der Waals surface area (Å²) in [4.78, 5) is 12.6. The zero-order valence-corrected chi connectivity index (χ0v) is 12.5. The molecule has 1 aromatic rings. The molecule has 18 heavy (non-hydrogen) atoms. The van der Waals surface area contributed by atoms with Gasteiger partial charge in [0, 0.05) is 11.0 Å². The maximum atomic E-state index is 12.1. The summed E-state index contributed by atoms with van der Waals surface area (Å²) in [7, 11) is 0.0581. The number of nitrogens with zero attached hydrogens (tertiary/aromatic N) is 1. The zero-order chi connectivity index (χ0) is 13.9. The van der Waals surface area contributed by atoms with Gasteiger partial charge in [-0.05, 0) is 48.2 Å². The first kappa shape index (κ1) is 15.1. The molecule has 0 heterocycles. The Morgan fingerprint density at radius 2 is 2.00 bits per heavy atom. The van der Waals surface area contributed by atoms with Crippen molar-refractivity contribution >= 4 is 31.7 Å². The summed E-state index contributed by atoms with van der Waals surface area (Å²) in [6.45, 7) is 0.381. The molecule has 0 saturated heterocycles. The van der Waals surface area contributed by atoms with Crippen molar-refractivity contribution in [1.82, 2.24) is 4.90 Å². The van der Waals surface area contributed by atoms with Crippen LogP contribution in [0, 0.1) is 0 Å². The number of hydrogen-bond donors (Lipinski definition) is 1. The number of benzene rings is 1. The topological polar surface area (TPSA) is 74.7 Å². The Kier molecular flexibility index (Phi) is 4.89. The summed E-state index contributed by atoms with van der Waals surface area (Å²) < 4.78 is 24.5. The van der Waals surface area contributed by atoms with Crippen LogP contribution in [0.5, 0.6) is 0 Å². The minimum absolute atomic E-state index is 0.0178. The SMILES string of the molecule is CN(C)CCS(=O)(=O)c1cc(C(=O)O)ccc1Br. The second-order valence-electron chi connectivity index (χ2n) is 4.07. The van der Waals surface area contributed by atoms with E-state index in [2.05, 4.69) is 15.9 Å². The van der Waals surface area contributed by atoms with E-state index < -0.39 is 15.8 Å². The summed E-state index contributed by atoms with van der Waals surface area (Å²) in [5.41, 5.74) is -0.0402. The van der Waals surface area contributed by atoms with Gasteiger partial charge in [-0.3, -0.25) is 0 Å². The Hall–Kier alpha value is -0.920. The third-order valence-electron chi connectivity index (χ3n) is 2.32. The van der Waals surface area contributed by atoms with Crippen LogP contribution in [-0.4, -0.2) is 50.8 Å². The lowest BCUT2D eigenvalue weighted by atomic mass is 10.2. The van der Waals surface area contributed by atoms with E-state index >= 15 is 0 Å². The van der Waals surface area contributed by atoms with Gasteiger partial charge in [-0.25, -0.2) is 13.2 Å². The highest BCUT2D eigenvalue weighted by Crippen LogP contribution is 2.24. The second-order valence-corrected chi connectivity index (χ2v) is 7.00. The Labute approximate surface area is 114 Å². The van der Waals surface area contributed by atoms with Crippen molar-refractivity contribution in [3.8, 4) is 0 Å². The number of rotatable bonds is 5. The molecule has 1 rings (SSSR count). The van der Waals surface area contributed by atoms with Gasteiger partial charge in [0.25, 0.3) is 0 Å². The highest BCUT2D eigenvalue weighted by molar-refractivity contribution is 9.10. The lowest BCUT2D eigenvalue weighted by molar-refractivity contribution is 0.0696. The quantitative estimate of drug-likeness (QED) is 0.882. The molecule has 1 N–H and O–H groups in total. The largest absolute Gasteiger partial charge is 0.478 e. The zero-order valence-electron chi connectivity index (χ0n) is 10.1. The molecule has 0 aliphatic rings. The van der Waals surface area contributed by atoms with Gasteiger partial charge in [0.15, 0.2) is 9.84 Å². The van der Waals surface area contributed by atoms with E-state index in [0.29, 0.717) is 11.0 Å². The fraction of sp³-hybridized carbons (Fsp3) is 0.364. The van der Waals surface area contributed by atoms with Gasteiger partial charge < -0.3 is 10.0 Å². The molecule has 1 aromatic carbocycles. The van der Waals surface area contributed by atoms with Crippen molar-refractivity contribution in [1.29, 1.82) is 0 Å². The van der Waals surface area contributed by atoms with Gasteiger partial charge in [0.05, 0.1) is 16.2 Å². The van der Waals surface area contributed by atoms with Gasteiger partial charge >= 0.3 is 5.97 Å². The van der Waals surface area contributed by atoms with E-state index in [1.807, 2.05) is 0 Å². The summed E-state index contributed by atoms with van der Waals surface area (Å²) in [6.07, 6.45) is 0. The van der Waals surface area contributed by atoms with E-state index in [-0.39, 0.29) is 16.2 Å². The molecule has 0 aromatic heterocycles. The molecule has 0 unspecified atom stereocenters. The number of halogens is 1. The minimum atomic E-state index is -3.49. The molecule has 0 fully saturated rings. The molecular formula is C11H14BrNO4S. The molecular weight excluding hydrogens is 322 g/mol. The average molecular weight is 336 g/mol. The Bertz CT molecular complexity index is 554. The molecule has 0 bridgehead atoms. The Morgan fingerprint density at radius 1 is 1.39 bits per heavy atom. The summed E-state index contributed by atoms with van der Waals surface area (Å²) in [5.74, 6) is -1.20. The first-order chi connectivity index (χ1) is 8.24. The maximum Gasteiger partial charge on any atom is 0.335 e. The fourth-order valence-corrected chi connectivity index (χ4v) is 3.77. The molecule has 5 nitrogen and oxygen atoms in total. The first-order valence-corrected chi connectivity index (χ1v) is 7.59. The molecule has 0 radical (unpaired) electrons. The molecule has 0 amide bonds. The Balaban J connectivity index is 3.15. The van der Waals surface area contributed by atoms with Crippen molar-refractivity contribution < 1.29 is 18.3 Å². The number of sulfone groups is 1. The van der Waals surface area contributed by atoms with E-state index in [4.69, 9.17) is 5.11 Å². The lowest BCUT2D eigenvalue weighted by Crippen LogP contribution is -2.22. The normalized spacial score (nSPS) is 11.8. The predicted molar refractivity (Wildman–Crippen MR) is 71.7 cm³/mol. The summed E-state index contributed by atoms with van der Waals surface area (Å²) in [5, 5.41) is 8.87. The smallest absolute Gasteiger partial charge is 0.335 e. The number of aromatic carboxylic acids is 1. The van der Waals surface area contributed by atoms with Gasteiger partial charge in [0.1, 0.15) is 0 Å². The highest BCUT2D eigenvalue weighted by atomic mass is 79.9. The van der Waals surface area contributed by atoms with E-state index in [9.17, 15) is 13.2 Å². The first-order valence-electron chi connectivity index (χ1n) is 5.14. The van der Waals surface area contributed by atoms with Crippen molar-refractivity contribution in [3.05, 3.63) is 28.2 Å². The third-order valence-corrected chi connectivity index (χ3v) is 5.00. The van der Waals surface area contributed by atoms with Crippen molar-refractivity contribution in [2.45, 2.75) is 4.90 Å². The monoisotopic (exact) mass is 335 g/mol. The van der Waals surface area contributed by atoms with Crippen LogP contribution in [0.1, 0.15) is 10.4 Å². The molecule has 0 saturated carbocycles. The predicted octanol–water partition coefficient (Wildman–Crippen LogP) is 1.48. The van der Waals surface area contributed by atoms with E-state index in [0.717, 1.165) is 0 Å². The van der Waals surface area contributed by atoms with Crippen LogP contribution < -0.4 is 0 Å². The molecule has 0 aliphatic heterocycles. The van der Waals surface area contributed by atoms with E-state index in [1.165, 1.54) is 18.2 Å². The van der Waals surface area contributed by atoms with Crippen molar-refractivity contribution in [3.63, 3.8) is 0 Å². The molecule has 0 atom stereocenters. The number of hydrogen-bond acceptors (Lipinski definition) is 4. The minimum Gasteiger partial charge on any atom is -0.478 e. The lowest BCUT2D eigenvalue weighted by Gasteiger charge is -2.11. The highest BCUT2D eigenvalue weighted by Gasteiger charge is 2.19. The summed E-state index contributed by atoms with van der Waals surface area (Å²) >= 11 is 3.14. The van der Waals surface area contributed by atoms with Gasteiger partial charge in [0.2, 0.25) is 0 Å². The van der Waals surface area contributed by atoms with Gasteiger partial charge in [-0.15, -0.1) is 0 Å². The standard InChI is InChI=1S/C11H14BrNO4S/c1-13(2)5-6-18(16,17)10-7-8(11(14)15)3-4-9(10)12/h3-4,7H,5-6H2,1-2H3,(H,14,15). The van der Waals surface area contributed by atoms with Crippen LogP contribution in [0.2, 0.25) is 0 Å². The van der Waals surface area contributed by atoms with Gasteiger partial charge in [-0.1, -0.05) is 0 Å². The number of carboxylic acids is 1. The van der Waals surface area contributed by atoms with Crippen LogP contribution >= 0.6 is 15.9 Å². The van der Waals surface area contributed by atoms with Crippen molar-refractivity contribution in [2.75, 3.05) is 26.4 Å². The number of carboxylic acid groups (broad SMARTS) is 1. The second kappa shape index (κ2) is 5.81.